The van der Waals surface area contributed by atoms with Gasteiger partial charge in [-0.15, -0.1) is 0 Å². The third kappa shape index (κ3) is 8.99. The highest BCUT2D eigenvalue weighted by molar-refractivity contribution is 7.00. The molecule has 0 bridgehead atoms. The molecule has 0 N–H and O–H groups in total. The Morgan fingerprint density at radius 3 is 1.07 bits per heavy atom. The molecule has 13 aromatic rings. The molecule has 0 spiro atoms. The number of fused-ring (bicyclic) bond motifs is 9. The van der Waals surface area contributed by atoms with Crippen LogP contribution in [0, 0.1) is 0 Å². The lowest BCUT2D eigenvalue weighted by atomic mass is 9.33. The van der Waals surface area contributed by atoms with Gasteiger partial charge in [-0.25, -0.2) is 0 Å². The molecule has 4 aliphatic rings. The van der Waals surface area contributed by atoms with E-state index in [1.807, 2.05) is 0 Å². The Morgan fingerprint density at radius 1 is 0.261 bits per heavy atom. The van der Waals surface area contributed by atoms with Gasteiger partial charge >= 0.3 is 0 Å². The Balaban J connectivity index is 0.927. The number of rotatable bonds is 8. The average molecular weight is 1190 g/mol. The molecule has 1 aromatic heterocycles. The van der Waals surface area contributed by atoms with Gasteiger partial charge in [0, 0.05) is 44.9 Å². The molecule has 0 fully saturated rings. The van der Waals surface area contributed by atoms with Gasteiger partial charge in [0.1, 0.15) is 0 Å². The third-order valence-corrected chi connectivity index (χ3v) is 21.9. The summed E-state index contributed by atoms with van der Waals surface area (Å²) >= 11 is 0. The summed E-state index contributed by atoms with van der Waals surface area (Å²) in [6.45, 7) is 19.3. The van der Waals surface area contributed by atoms with Crippen LogP contribution in [0.1, 0.15) is 103 Å². The second-order valence-electron chi connectivity index (χ2n) is 29.4. The first-order valence-electron chi connectivity index (χ1n) is 33.3. The molecule has 0 amide bonds. The van der Waals surface area contributed by atoms with E-state index < -0.39 is 0 Å². The van der Waals surface area contributed by atoms with Crippen molar-refractivity contribution >= 4 is 79.0 Å². The van der Waals surface area contributed by atoms with E-state index in [-0.39, 0.29) is 28.4 Å². The fourth-order valence-electron chi connectivity index (χ4n) is 16.5. The average Bonchev–Trinajstić information content (AvgIpc) is 0.831. The van der Waals surface area contributed by atoms with Crippen LogP contribution in [-0.2, 0) is 21.7 Å². The van der Waals surface area contributed by atoms with Crippen molar-refractivity contribution in [1.29, 1.82) is 0 Å². The molecule has 12 aromatic carbocycles. The Labute approximate surface area is 543 Å². The van der Waals surface area contributed by atoms with Crippen LogP contribution in [0.4, 0.5) is 34.1 Å². The van der Waals surface area contributed by atoms with Crippen LogP contribution in [0.15, 0.2) is 267 Å². The smallest absolute Gasteiger partial charge is 0.252 e. The maximum atomic E-state index is 2.60. The van der Waals surface area contributed by atoms with E-state index in [1.165, 1.54) is 153 Å². The zero-order chi connectivity index (χ0) is 62.4. The molecule has 0 atom stereocenters. The monoisotopic (exact) mass is 1190 g/mol. The van der Waals surface area contributed by atoms with Crippen LogP contribution in [-0.4, -0.2) is 11.3 Å². The lowest BCUT2D eigenvalue weighted by molar-refractivity contribution is 0.332. The van der Waals surface area contributed by atoms with E-state index >= 15 is 0 Å². The molecule has 2 aliphatic heterocycles. The summed E-state index contributed by atoms with van der Waals surface area (Å²) in [5, 5.41) is 2.45. The van der Waals surface area contributed by atoms with Crippen LogP contribution in [0.5, 0.6) is 0 Å². The zero-order valence-electron chi connectivity index (χ0n) is 54.2. The minimum atomic E-state index is -0.0995. The predicted octanol–water partition coefficient (Wildman–Crippen LogP) is 21.9. The predicted molar refractivity (Wildman–Crippen MR) is 393 cm³/mol. The van der Waals surface area contributed by atoms with Crippen LogP contribution in [0.25, 0.3) is 83.1 Å². The lowest BCUT2D eigenvalue weighted by Gasteiger charge is -2.44. The molecule has 0 saturated heterocycles. The van der Waals surface area contributed by atoms with Crippen molar-refractivity contribution in [3.8, 4) is 61.3 Å². The zero-order valence-corrected chi connectivity index (χ0v) is 54.2. The summed E-state index contributed by atoms with van der Waals surface area (Å²) in [5.74, 6) is 0. The summed E-state index contributed by atoms with van der Waals surface area (Å²) in [5.41, 5.74) is 32.8. The van der Waals surface area contributed by atoms with E-state index in [0.29, 0.717) is 0 Å². The van der Waals surface area contributed by atoms with E-state index in [1.54, 1.807) is 0 Å². The third-order valence-electron chi connectivity index (χ3n) is 21.9. The van der Waals surface area contributed by atoms with E-state index in [4.69, 9.17) is 0 Å². The first-order valence-corrected chi connectivity index (χ1v) is 33.3. The van der Waals surface area contributed by atoms with Gasteiger partial charge in [-0.3, -0.25) is 0 Å². The maximum absolute atomic E-state index is 2.60. The van der Waals surface area contributed by atoms with Gasteiger partial charge in [0.25, 0.3) is 6.71 Å². The number of aromatic nitrogens is 1. The Morgan fingerprint density at radius 2 is 0.609 bits per heavy atom. The quantitative estimate of drug-likeness (QED) is 0.141. The number of anilines is 6. The second kappa shape index (κ2) is 20.8. The highest BCUT2D eigenvalue weighted by atomic mass is 15.2. The van der Waals surface area contributed by atoms with Crippen molar-refractivity contribution in [2.75, 3.05) is 9.80 Å². The van der Waals surface area contributed by atoms with Crippen LogP contribution in [0.2, 0.25) is 0 Å². The minimum absolute atomic E-state index is 0.0995. The van der Waals surface area contributed by atoms with Crippen molar-refractivity contribution in [3.05, 3.63) is 289 Å². The Hall–Kier alpha value is -9.90. The molecule has 17 rings (SSSR count). The number of nitrogens with zero attached hydrogens (tertiary/aromatic N) is 3. The van der Waals surface area contributed by atoms with Crippen LogP contribution >= 0.6 is 0 Å². The maximum Gasteiger partial charge on any atom is 0.252 e. The number of hydrogen-bond donors (Lipinski definition) is 0. The highest BCUT2D eigenvalue weighted by Gasteiger charge is 2.45. The van der Waals surface area contributed by atoms with Crippen LogP contribution in [0.3, 0.4) is 0 Å². The van der Waals surface area contributed by atoms with Gasteiger partial charge in [0.15, 0.2) is 0 Å². The van der Waals surface area contributed by atoms with Crippen LogP contribution < -0.4 is 26.2 Å². The molecule has 0 saturated carbocycles. The summed E-state index contributed by atoms with van der Waals surface area (Å²) < 4.78 is 2.54. The Bertz CT molecular complexity index is 4850. The molecule has 2 aliphatic carbocycles. The first-order chi connectivity index (χ1) is 44.6. The Kier molecular flexibility index (Phi) is 12.7. The van der Waals surface area contributed by atoms with Crippen molar-refractivity contribution in [2.24, 2.45) is 0 Å². The van der Waals surface area contributed by atoms with Crippen molar-refractivity contribution < 1.29 is 0 Å². The van der Waals surface area contributed by atoms with E-state index in [2.05, 4.69) is 337 Å². The molecule has 0 radical (unpaired) electrons. The van der Waals surface area contributed by atoms with E-state index in [0.717, 1.165) is 28.4 Å². The van der Waals surface area contributed by atoms with Gasteiger partial charge in [0.05, 0.1) is 16.7 Å². The molecule has 92 heavy (non-hydrogen) atoms. The summed E-state index contributed by atoms with van der Waals surface area (Å²) in [6, 6.07) is 102. The standard InChI is InChI=1S/C88H76BN3/c1-85(2)46-48-87(5,6)74-51-63(32-41-72(74)85)60-28-37-67(38-29-60)90-80-53-65(58-22-14-10-15-23-58)34-43-76(80)89-77-44-35-66(59-24-16-11-17-25-59)54-81(77)91(68-39-30-61(31-40-68)64-33-42-73-75(52-64)88(7,8)49-47-86(73,3)4)83-56-69(55-82(90)84(83)89)92-78-27-19-18-26-70(78)71-50-62(36-45-79(71)92)57-20-12-9-13-21-57/h9-45,50-56H,46-49H2,1-8H3. The van der Waals surface area contributed by atoms with Crippen molar-refractivity contribution in [3.63, 3.8) is 0 Å². The van der Waals surface area contributed by atoms with Gasteiger partial charge in [-0.2, -0.15) is 0 Å². The topological polar surface area (TPSA) is 11.4 Å². The van der Waals surface area contributed by atoms with Crippen molar-refractivity contribution in [1.82, 2.24) is 4.57 Å². The molecular weight excluding hydrogens is 1110 g/mol. The molecule has 4 heteroatoms. The molecular formula is C88H76BN3. The van der Waals surface area contributed by atoms with Gasteiger partial charge < -0.3 is 14.4 Å². The van der Waals surface area contributed by atoms with Crippen molar-refractivity contribution in [2.45, 2.75) is 103 Å². The SMILES string of the molecule is CC1(C)CCC(C)(C)c2cc(-c3ccc(N4c5cc(-c6ccccc6)ccc5B5c6ccc(-c7ccccc7)cc6N(c6ccc(-c7ccc8c(c7)C(C)(C)CCC8(C)C)cc6)c6cc(-n7c8ccccc8c8cc(-c9ccccc9)ccc87)cc4c65)cc3)ccc21. The van der Waals surface area contributed by atoms with Gasteiger partial charge in [0.2, 0.25) is 0 Å². The molecule has 0 unspecified atom stereocenters. The molecule has 3 heterocycles. The fraction of sp³-hybridized carbons (Fsp3) is 0.182. The number of benzene rings is 12. The number of para-hydroxylation sites is 1. The normalized spacial score (nSPS) is 16.2. The van der Waals surface area contributed by atoms with Gasteiger partial charge in [-0.05, 0) is 208 Å². The minimum Gasteiger partial charge on any atom is -0.311 e. The first kappa shape index (κ1) is 56.1. The summed E-state index contributed by atoms with van der Waals surface area (Å²) in [4.78, 5) is 5.21. The summed E-state index contributed by atoms with van der Waals surface area (Å²) in [7, 11) is 0. The molecule has 446 valence electrons. The van der Waals surface area contributed by atoms with Gasteiger partial charge in [-0.1, -0.05) is 256 Å². The lowest BCUT2D eigenvalue weighted by Crippen LogP contribution is -2.61. The van der Waals surface area contributed by atoms with E-state index in [9.17, 15) is 0 Å². The molecule has 3 nitrogen and oxygen atoms in total. The highest BCUT2D eigenvalue weighted by Crippen LogP contribution is 2.52. The second-order valence-corrected chi connectivity index (χ2v) is 29.4. The fourth-order valence-corrected chi connectivity index (χ4v) is 16.5. The summed E-state index contributed by atoms with van der Waals surface area (Å²) in [6.07, 6.45) is 4.74. The number of hydrogen-bond acceptors (Lipinski definition) is 2. The largest absolute Gasteiger partial charge is 0.311 e.